The molecular formula is C10H17NO2. The Bertz CT molecular complexity index is 201. The van der Waals surface area contributed by atoms with Crippen LogP contribution in [0.25, 0.3) is 0 Å². The molecule has 0 aliphatic heterocycles. The largest absolute Gasteiger partial charge is 0.372 e. The first kappa shape index (κ1) is 10.3. The van der Waals surface area contributed by atoms with E-state index in [2.05, 4.69) is 17.5 Å². The first-order chi connectivity index (χ1) is 6.24. The van der Waals surface area contributed by atoms with Crippen LogP contribution in [0.1, 0.15) is 26.2 Å². The molecule has 0 fully saturated rings. The third kappa shape index (κ3) is 3.19. The van der Waals surface area contributed by atoms with Crippen molar-refractivity contribution < 1.29 is 9.53 Å². The van der Waals surface area contributed by atoms with Gasteiger partial charge in [-0.15, -0.1) is 0 Å². The zero-order chi connectivity index (χ0) is 9.68. The minimum atomic E-state index is -0.352. The van der Waals surface area contributed by atoms with E-state index in [4.69, 9.17) is 4.74 Å². The van der Waals surface area contributed by atoms with E-state index >= 15 is 0 Å². The summed E-state index contributed by atoms with van der Waals surface area (Å²) in [4.78, 5) is 11.4. The number of amides is 1. The monoisotopic (exact) mass is 183 g/mol. The number of rotatable bonds is 3. The molecule has 1 aliphatic rings. The van der Waals surface area contributed by atoms with Gasteiger partial charge in [0.25, 0.3) is 0 Å². The number of ether oxygens (including phenoxy) is 1. The molecule has 1 rings (SSSR count). The van der Waals surface area contributed by atoms with Gasteiger partial charge in [0.05, 0.1) is 0 Å². The fraction of sp³-hybridized carbons (Fsp3) is 0.700. The van der Waals surface area contributed by atoms with Gasteiger partial charge in [-0.3, -0.25) is 4.79 Å². The minimum Gasteiger partial charge on any atom is -0.372 e. The molecule has 2 atom stereocenters. The average molecular weight is 183 g/mol. The first-order valence-electron chi connectivity index (χ1n) is 4.74. The van der Waals surface area contributed by atoms with E-state index in [9.17, 15) is 4.79 Å². The van der Waals surface area contributed by atoms with Crippen molar-refractivity contribution in [2.24, 2.45) is 0 Å². The Kier molecular flexibility index (Phi) is 3.96. The Morgan fingerprint density at radius 2 is 2.46 bits per heavy atom. The second kappa shape index (κ2) is 5.02. The molecular weight excluding hydrogens is 166 g/mol. The van der Waals surface area contributed by atoms with Gasteiger partial charge in [-0.05, 0) is 26.2 Å². The van der Waals surface area contributed by atoms with Crippen molar-refractivity contribution in [3.05, 3.63) is 12.2 Å². The molecule has 1 amide bonds. The molecule has 0 saturated carbocycles. The van der Waals surface area contributed by atoms with Crippen molar-refractivity contribution in [3.63, 3.8) is 0 Å². The lowest BCUT2D eigenvalue weighted by Crippen LogP contribution is -2.40. The number of methoxy groups -OCH3 is 1. The number of hydrogen-bond acceptors (Lipinski definition) is 2. The van der Waals surface area contributed by atoms with Crippen molar-refractivity contribution in [1.82, 2.24) is 5.32 Å². The lowest BCUT2D eigenvalue weighted by Gasteiger charge is -2.19. The van der Waals surface area contributed by atoms with Crippen LogP contribution < -0.4 is 5.32 Å². The molecule has 13 heavy (non-hydrogen) atoms. The summed E-state index contributed by atoms with van der Waals surface area (Å²) in [7, 11) is 1.54. The topological polar surface area (TPSA) is 38.3 Å². The van der Waals surface area contributed by atoms with E-state index < -0.39 is 0 Å². The molecule has 3 nitrogen and oxygen atoms in total. The highest BCUT2D eigenvalue weighted by Crippen LogP contribution is 2.10. The highest BCUT2D eigenvalue weighted by atomic mass is 16.5. The zero-order valence-electron chi connectivity index (χ0n) is 8.25. The molecule has 0 aromatic rings. The van der Waals surface area contributed by atoms with Crippen LogP contribution >= 0.6 is 0 Å². The molecule has 0 heterocycles. The van der Waals surface area contributed by atoms with Crippen LogP contribution in [0.4, 0.5) is 0 Å². The van der Waals surface area contributed by atoms with Gasteiger partial charge >= 0.3 is 0 Å². The number of nitrogens with one attached hydrogen (secondary N) is 1. The van der Waals surface area contributed by atoms with Crippen molar-refractivity contribution in [3.8, 4) is 0 Å². The van der Waals surface area contributed by atoms with Crippen LogP contribution in [0.3, 0.4) is 0 Å². The van der Waals surface area contributed by atoms with Crippen LogP contribution in [0, 0.1) is 0 Å². The van der Waals surface area contributed by atoms with E-state index in [0.29, 0.717) is 0 Å². The zero-order valence-corrected chi connectivity index (χ0v) is 8.25. The lowest BCUT2D eigenvalue weighted by atomic mass is 10.0. The van der Waals surface area contributed by atoms with Gasteiger partial charge in [-0.2, -0.15) is 0 Å². The van der Waals surface area contributed by atoms with Crippen molar-refractivity contribution in [2.45, 2.75) is 38.3 Å². The Balaban J connectivity index is 2.34. The SMILES string of the molecule is COC(C)C(=O)NC1C=CCCC1. The van der Waals surface area contributed by atoms with Gasteiger partial charge in [0.2, 0.25) is 5.91 Å². The molecule has 0 spiro atoms. The Hall–Kier alpha value is -0.830. The van der Waals surface area contributed by atoms with Crippen molar-refractivity contribution in [2.75, 3.05) is 7.11 Å². The lowest BCUT2D eigenvalue weighted by molar-refractivity contribution is -0.130. The summed E-state index contributed by atoms with van der Waals surface area (Å²) in [5.74, 6) is -0.0287. The molecule has 0 saturated heterocycles. The van der Waals surface area contributed by atoms with E-state index in [0.717, 1.165) is 19.3 Å². The predicted molar refractivity (Wildman–Crippen MR) is 51.4 cm³/mol. The Labute approximate surface area is 79.2 Å². The summed E-state index contributed by atoms with van der Waals surface area (Å²) in [6, 6.07) is 0.207. The fourth-order valence-electron chi connectivity index (χ4n) is 1.34. The quantitative estimate of drug-likeness (QED) is 0.669. The fourth-order valence-corrected chi connectivity index (χ4v) is 1.34. The van der Waals surface area contributed by atoms with Crippen LogP contribution in [-0.2, 0) is 9.53 Å². The van der Waals surface area contributed by atoms with Crippen LogP contribution in [-0.4, -0.2) is 25.2 Å². The summed E-state index contributed by atoms with van der Waals surface area (Å²) in [6.07, 6.45) is 7.15. The summed E-state index contributed by atoms with van der Waals surface area (Å²) in [5.41, 5.74) is 0. The molecule has 2 unspecified atom stereocenters. The number of carbonyl (C=O) groups is 1. The summed E-state index contributed by atoms with van der Waals surface area (Å²) < 4.78 is 4.92. The third-order valence-electron chi connectivity index (χ3n) is 2.30. The Morgan fingerprint density at radius 1 is 1.69 bits per heavy atom. The van der Waals surface area contributed by atoms with E-state index in [1.165, 1.54) is 0 Å². The first-order valence-corrected chi connectivity index (χ1v) is 4.74. The number of hydrogen-bond donors (Lipinski definition) is 1. The van der Waals surface area contributed by atoms with Gasteiger partial charge in [0.15, 0.2) is 0 Å². The second-order valence-electron chi connectivity index (χ2n) is 3.35. The highest BCUT2D eigenvalue weighted by Gasteiger charge is 2.16. The Morgan fingerprint density at radius 3 is 3.00 bits per heavy atom. The van der Waals surface area contributed by atoms with Gasteiger partial charge < -0.3 is 10.1 Å². The molecule has 1 aliphatic carbocycles. The maximum absolute atomic E-state index is 11.4. The normalized spacial score (nSPS) is 24.0. The molecule has 74 valence electrons. The van der Waals surface area contributed by atoms with Crippen LogP contribution in [0.5, 0.6) is 0 Å². The predicted octanol–water partition coefficient (Wildman–Crippen LogP) is 1.25. The third-order valence-corrected chi connectivity index (χ3v) is 2.30. The molecule has 0 bridgehead atoms. The van der Waals surface area contributed by atoms with Crippen LogP contribution in [0.15, 0.2) is 12.2 Å². The average Bonchev–Trinajstić information content (AvgIpc) is 2.18. The number of allylic oxidation sites excluding steroid dienone is 1. The van der Waals surface area contributed by atoms with E-state index in [1.54, 1.807) is 14.0 Å². The molecule has 0 aromatic heterocycles. The van der Waals surface area contributed by atoms with Crippen LogP contribution in [0.2, 0.25) is 0 Å². The second-order valence-corrected chi connectivity index (χ2v) is 3.35. The van der Waals surface area contributed by atoms with Crippen molar-refractivity contribution >= 4 is 5.91 Å². The molecule has 1 N–H and O–H groups in total. The minimum absolute atomic E-state index is 0.0287. The van der Waals surface area contributed by atoms with Gasteiger partial charge in [0, 0.05) is 13.2 Å². The molecule has 0 aromatic carbocycles. The van der Waals surface area contributed by atoms with Gasteiger partial charge in [0.1, 0.15) is 6.10 Å². The highest BCUT2D eigenvalue weighted by molar-refractivity contribution is 5.80. The summed E-state index contributed by atoms with van der Waals surface area (Å²) in [5, 5.41) is 2.92. The van der Waals surface area contributed by atoms with Gasteiger partial charge in [-0.1, -0.05) is 12.2 Å². The molecule has 3 heteroatoms. The number of carbonyl (C=O) groups excluding carboxylic acids is 1. The smallest absolute Gasteiger partial charge is 0.249 e. The molecule has 0 radical (unpaired) electrons. The standard InChI is InChI=1S/C10H17NO2/c1-8(13-2)10(12)11-9-6-4-3-5-7-9/h4,6,8-9H,3,5,7H2,1-2H3,(H,11,12). The van der Waals surface area contributed by atoms with Gasteiger partial charge in [-0.25, -0.2) is 0 Å². The van der Waals surface area contributed by atoms with E-state index in [-0.39, 0.29) is 18.1 Å². The maximum atomic E-state index is 11.4. The van der Waals surface area contributed by atoms with Crippen molar-refractivity contribution in [1.29, 1.82) is 0 Å². The summed E-state index contributed by atoms with van der Waals surface area (Å²) >= 11 is 0. The maximum Gasteiger partial charge on any atom is 0.249 e. The van der Waals surface area contributed by atoms with E-state index in [1.807, 2.05) is 0 Å². The summed E-state index contributed by atoms with van der Waals surface area (Å²) in [6.45, 7) is 1.75.